The minimum atomic E-state index is -0.152. The number of nitrogens with zero attached hydrogens (tertiary/aromatic N) is 4. The summed E-state index contributed by atoms with van der Waals surface area (Å²) in [6.45, 7) is 4.57. The lowest BCUT2D eigenvalue weighted by Crippen LogP contribution is -2.15. The summed E-state index contributed by atoms with van der Waals surface area (Å²) in [6.07, 6.45) is 0.961. The van der Waals surface area contributed by atoms with Crippen LogP contribution in [-0.4, -0.2) is 38.0 Å². The lowest BCUT2D eigenvalue weighted by Gasteiger charge is -2.10. The number of anilines is 1. The molecular weight excluding hydrogens is 398 g/mol. The number of amides is 1. The van der Waals surface area contributed by atoms with Gasteiger partial charge in [-0.25, -0.2) is 4.98 Å². The van der Waals surface area contributed by atoms with Crippen LogP contribution in [0.2, 0.25) is 0 Å². The topological polar surface area (TPSA) is 81.9 Å². The van der Waals surface area contributed by atoms with Crippen LogP contribution >= 0.6 is 11.8 Å². The highest BCUT2D eigenvalue weighted by Crippen LogP contribution is 2.28. The minimum absolute atomic E-state index is 0.152. The zero-order chi connectivity index (χ0) is 21.1. The van der Waals surface area contributed by atoms with Crippen molar-refractivity contribution in [3.8, 4) is 5.75 Å². The largest absolute Gasteiger partial charge is 0.492 e. The summed E-state index contributed by atoms with van der Waals surface area (Å²) < 4.78 is 7.56. The van der Waals surface area contributed by atoms with Gasteiger partial charge in [-0.2, -0.15) is 0 Å². The molecule has 0 bridgehead atoms. The number of carbonyl (C=O) groups excluding carboxylic acids is 1. The van der Waals surface area contributed by atoms with E-state index in [0.29, 0.717) is 23.2 Å². The molecule has 0 aliphatic heterocycles. The van der Waals surface area contributed by atoms with Gasteiger partial charge in [-0.3, -0.25) is 4.79 Å². The van der Waals surface area contributed by atoms with Gasteiger partial charge in [0.1, 0.15) is 11.3 Å². The first-order chi connectivity index (χ1) is 14.6. The molecule has 0 saturated carbocycles. The molecule has 0 unspecified atom stereocenters. The summed E-state index contributed by atoms with van der Waals surface area (Å²) in [6, 6.07) is 13.7. The van der Waals surface area contributed by atoms with Gasteiger partial charge in [0, 0.05) is 12.4 Å². The Morgan fingerprint density at radius 2 is 2.00 bits per heavy atom. The van der Waals surface area contributed by atoms with Crippen LogP contribution in [0.4, 0.5) is 5.69 Å². The number of rotatable bonds is 7. The van der Waals surface area contributed by atoms with E-state index in [0.717, 1.165) is 28.5 Å². The lowest BCUT2D eigenvalue weighted by molar-refractivity contribution is -0.113. The van der Waals surface area contributed by atoms with Gasteiger partial charge in [0.15, 0.2) is 5.65 Å². The molecule has 2 aromatic heterocycles. The van der Waals surface area contributed by atoms with Crippen LogP contribution in [0.15, 0.2) is 47.6 Å². The Labute approximate surface area is 178 Å². The molecule has 1 amide bonds. The molecule has 0 radical (unpaired) electrons. The van der Waals surface area contributed by atoms with Crippen molar-refractivity contribution in [1.82, 2.24) is 19.7 Å². The number of benzene rings is 2. The van der Waals surface area contributed by atoms with Gasteiger partial charge in [-0.1, -0.05) is 36.9 Å². The number of hydrogen-bond donors (Lipinski definition) is 1. The smallest absolute Gasteiger partial charge is 0.234 e. The summed E-state index contributed by atoms with van der Waals surface area (Å²) in [7, 11) is 1.97. The summed E-state index contributed by atoms with van der Waals surface area (Å²) >= 11 is 1.26. The molecule has 154 valence electrons. The quantitative estimate of drug-likeness (QED) is 0.450. The number of ether oxygens (including phenoxy) is 1. The molecule has 0 aliphatic carbocycles. The van der Waals surface area contributed by atoms with Crippen LogP contribution in [0.1, 0.15) is 19.4 Å². The predicted molar refractivity (Wildman–Crippen MR) is 120 cm³/mol. The fraction of sp³-hybridized carbons (Fsp3) is 0.273. The van der Waals surface area contributed by atoms with Crippen LogP contribution in [0, 0.1) is 0 Å². The van der Waals surface area contributed by atoms with Crippen LogP contribution < -0.4 is 10.1 Å². The number of hydrogen-bond acceptors (Lipinski definition) is 6. The van der Waals surface area contributed by atoms with E-state index >= 15 is 0 Å². The normalized spacial score (nSPS) is 11.2. The fourth-order valence-corrected chi connectivity index (χ4v) is 3.92. The molecule has 4 aromatic rings. The third-order valence-corrected chi connectivity index (χ3v) is 5.68. The first-order valence-corrected chi connectivity index (χ1v) is 10.9. The van der Waals surface area contributed by atoms with E-state index in [9.17, 15) is 4.79 Å². The molecule has 0 fully saturated rings. The second-order valence-electron chi connectivity index (χ2n) is 6.80. The van der Waals surface area contributed by atoms with E-state index in [1.54, 1.807) is 0 Å². The molecule has 2 heterocycles. The van der Waals surface area contributed by atoms with Gasteiger partial charge in [-0.15, -0.1) is 10.2 Å². The summed E-state index contributed by atoms with van der Waals surface area (Å²) in [5.41, 5.74) is 4.51. The summed E-state index contributed by atoms with van der Waals surface area (Å²) in [5, 5.41) is 13.0. The number of carbonyl (C=O) groups is 1. The van der Waals surface area contributed by atoms with Crippen molar-refractivity contribution in [3.05, 3.63) is 48.0 Å². The number of aryl methyl sites for hydroxylation is 2. The molecule has 7 nitrogen and oxygen atoms in total. The average molecular weight is 422 g/mol. The molecule has 0 saturated heterocycles. The number of nitrogens with one attached hydrogen (secondary N) is 1. The Hall–Kier alpha value is -3.13. The van der Waals surface area contributed by atoms with Crippen molar-refractivity contribution in [2.75, 3.05) is 17.7 Å². The lowest BCUT2D eigenvalue weighted by atomic mass is 10.1. The van der Waals surface area contributed by atoms with Gasteiger partial charge in [0.25, 0.3) is 0 Å². The monoisotopic (exact) mass is 421 g/mol. The zero-order valence-corrected chi connectivity index (χ0v) is 18.0. The van der Waals surface area contributed by atoms with E-state index < -0.39 is 0 Å². The van der Waals surface area contributed by atoms with Crippen molar-refractivity contribution in [3.63, 3.8) is 0 Å². The van der Waals surface area contributed by atoms with Crippen LogP contribution in [0.5, 0.6) is 5.75 Å². The Balaban J connectivity index is 1.51. The maximum absolute atomic E-state index is 12.4. The first kappa shape index (κ1) is 20.2. The fourth-order valence-electron chi connectivity index (χ4n) is 3.34. The third-order valence-electron chi connectivity index (χ3n) is 4.85. The Morgan fingerprint density at radius 3 is 2.80 bits per heavy atom. The van der Waals surface area contributed by atoms with Crippen LogP contribution in [-0.2, 0) is 18.3 Å². The van der Waals surface area contributed by atoms with Gasteiger partial charge >= 0.3 is 0 Å². The highest BCUT2D eigenvalue weighted by molar-refractivity contribution is 7.99. The highest BCUT2D eigenvalue weighted by Gasteiger charge is 2.14. The second kappa shape index (κ2) is 8.71. The third kappa shape index (κ3) is 3.95. The number of fused-ring (bicyclic) bond motifs is 3. The molecule has 1 N–H and O–H groups in total. The van der Waals surface area contributed by atoms with Crippen molar-refractivity contribution in [1.29, 1.82) is 0 Å². The Kier molecular flexibility index (Phi) is 5.85. The van der Waals surface area contributed by atoms with Gasteiger partial charge in [-0.05, 0) is 43.2 Å². The van der Waals surface area contributed by atoms with Gasteiger partial charge < -0.3 is 14.6 Å². The number of thioether (sulfide) groups is 1. The second-order valence-corrected chi connectivity index (χ2v) is 7.74. The van der Waals surface area contributed by atoms with Crippen LogP contribution in [0.25, 0.3) is 22.1 Å². The van der Waals surface area contributed by atoms with E-state index in [-0.39, 0.29) is 11.7 Å². The van der Waals surface area contributed by atoms with Crippen molar-refractivity contribution in [2.24, 2.45) is 7.05 Å². The molecule has 2 aromatic carbocycles. The molecule has 0 atom stereocenters. The van der Waals surface area contributed by atoms with E-state index in [4.69, 9.17) is 4.74 Å². The maximum Gasteiger partial charge on any atom is 0.234 e. The predicted octanol–water partition coefficient (Wildman–Crippen LogP) is 4.21. The van der Waals surface area contributed by atoms with E-state index in [1.807, 2.05) is 42.8 Å². The Bertz CT molecular complexity index is 1220. The first-order valence-electron chi connectivity index (χ1n) is 9.87. The SMILES string of the molecule is CCOc1ccccc1NC(=O)CSc1nnc2c3cc(CC)ccc3n(C)c2n1. The van der Waals surface area contributed by atoms with Crippen LogP contribution in [0.3, 0.4) is 0 Å². The molecule has 30 heavy (non-hydrogen) atoms. The van der Waals surface area contributed by atoms with Gasteiger partial charge in [0.05, 0.1) is 23.6 Å². The zero-order valence-electron chi connectivity index (χ0n) is 17.2. The van der Waals surface area contributed by atoms with E-state index in [2.05, 4.69) is 45.6 Å². The average Bonchev–Trinajstić information content (AvgIpc) is 3.05. The summed E-state index contributed by atoms with van der Waals surface area (Å²) in [4.78, 5) is 17.1. The van der Waals surface area contributed by atoms with Crippen molar-refractivity contribution in [2.45, 2.75) is 25.4 Å². The summed E-state index contributed by atoms with van der Waals surface area (Å²) in [5.74, 6) is 0.678. The molecule has 0 aliphatic rings. The maximum atomic E-state index is 12.4. The molecular formula is C22H23N5O2S. The van der Waals surface area contributed by atoms with Crippen molar-refractivity contribution >= 4 is 45.4 Å². The molecule has 0 spiro atoms. The minimum Gasteiger partial charge on any atom is -0.492 e. The van der Waals surface area contributed by atoms with Gasteiger partial charge in [0.2, 0.25) is 11.1 Å². The van der Waals surface area contributed by atoms with E-state index in [1.165, 1.54) is 17.3 Å². The van der Waals surface area contributed by atoms with Crippen molar-refractivity contribution < 1.29 is 9.53 Å². The Morgan fingerprint density at radius 1 is 1.17 bits per heavy atom. The number of para-hydroxylation sites is 2. The number of aromatic nitrogens is 4. The standard InChI is InChI=1S/C22H23N5O2S/c1-4-14-10-11-17-15(12-14)20-21(27(17)3)24-22(26-25-20)30-13-19(28)23-16-8-6-7-9-18(16)29-5-2/h6-12H,4-5,13H2,1-3H3,(H,23,28). The highest BCUT2D eigenvalue weighted by atomic mass is 32.2. The molecule has 8 heteroatoms. The molecule has 4 rings (SSSR count).